The Morgan fingerprint density at radius 1 is 1.29 bits per heavy atom. The summed E-state index contributed by atoms with van der Waals surface area (Å²) >= 11 is 0. The fraction of sp³-hybridized carbons (Fsp3) is 0.600. The Bertz CT molecular complexity index is 661. The Hall–Kier alpha value is -1.71. The summed E-state index contributed by atoms with van der Waals surface area (Å²) < 4.78 is 26.8. The maximum atomic E-state index is 12.7. The molecule has 136 valence electrons. The standard InChI is InChI=1S/C15H25N3O5S/c1-10(2)18(11(3)4)24(22,23)12-6-7-13(16-8-12)17-9-15(5,21)14(19)20/h6-8,10-11,21H,9H2,1-5H3,(H,16,17)(H,19,20). The van der Waals surface area contributed by atoms with Crippen molar-refractivity contribution in [2.24, 2.45) is 0 Å². The number of aliphatic carboxylic acids is 1. The van der Waals surface area contributed by atoms with Gasteiger partial charge in [0.1, 0.15) is 10.7 Å². The Morgan fingerprint density at radius 3 is 2.21 bits per heavy atom. The summed E-state index contributed by atoms with van der Waals surface area (Å²) in [6.07, 6.45) is 1.21. The quantitative estimate of drug-likeness (QED) is 0.636. The number of aliphatic hydroxyl groups is 1. The van der Waals surface area contributed by atoms with Crippen molar-refractivity contribution in [1.29, 1.82) is 0 Å². The van der Waals surface area contributed by atoms with Crippen molar-refractivity contribution in [1.82, 2.24) is 9.29 Å². The number of carboxylic acid groups (broad SMARTS) is 1. The van der Waals surface area contributed by atoms with Gasteiger partial charge >= 0.3 is 5.97 Å². The number of nitrogens with one attached hydrogen (secondary N) is 1. The molecule has 9 heteroatoms. The molecule has 3 N–H and O–H groups in total. The molecule has 24 heavy (non-hydrogen) atoms. The van der Waals surface area contributed by atoms with E-state index in [-0.39, 0.29) is 29.3 Å². The van der Waals surface area contributed by atoms with Gasteiger partial charge in [-0.2, -0.15) is 4.31 Å². The van der Waals surface area contributed by atoms with Crippen LogP contribution in [0.5, 0.6) is 0 Å². The van der Waals surface area contributed by atoms with Crippen LogP contribution in [0, 0.1) is 0 Å². The van der Waals surface area contributed by atoms with Crippen LogP contribution in [0.4, 0.5) is 5.82 Å². The number of hydrogen-bond acceptors (Lipinski definition) is 6. The van der Waals surface area contributed by atoms with Gasteiger partial charge in [0, 0.05) is 18.3 Å². The van der Waals surface area contributed by atoms with Crippen LogP contribution < -0.4 is 5.32 Å². The first-order valence-corrected chi connectivity index (χ1v) is 9.03. The molecule has 8 nitrogen and oxygen atoms in total. The van der Waals surface area contributed by atoms with Gasteiger partial charge in [-0.3, -0.25) is 0 Å². The Balaban J connectivity index is 2.96. The van der Waals surface area contributed by atoms with Gasteiger partial charge in [0.15, 0.2) is 5.60 Å². The molecule has 1 aromatic rings. The fourth-order valence-electron chi connectivity index (χ4n) is 2.25. The number of aromatic nitrogens is 1. The lowest BCUT2D eigenvalue weighted by molar-refractivity contribution is -0.155. The molecule has 0 aliphatic carbocycles. The van der Waals surface area contributed by atoms with Gasteiger partial charge in [-0.25, -0.2) is 18.2 Å². The van der Waals surface area contributed by atoms with Crippen LogP contribution in [0.2, 0.25) is 0 Å². The van der Waals surface area contributed by atoms with E-state index in [1.54, 1.807) is 27.7 Å². The van der Waals surface area contributed by atoms with Crippen LogP contribution in [0.1, 0.15) is 34.6 Å². The highest BCUT2D eigenvalue weighted by molar-refractivity contribution is 7.89. The zero-order valence-electron chi connectivity index (χ0n) is 14.5. The molecule has 0 saturated carbocycles. The maximum Gasteiger partial charge on any atom is 0.337 e. The number of sulfonamides is 1. The molecule has 0 bridgehead atoms. The van der Waals surface area contributed by atoms with Crippen molar-refractivity contribution in [3.8, 4) is 0 Å². The highest BCUT2D eigenvalue weighted by atomic mass is 32.2. The number of pyridine rings is 1. The molecule has 0 radical (unpaired) electrons. The largest absolute Gasteiger partial charge is 0.479 e. The smallest absolute Gasteiger partial charge is 0.337 e. The number of nitrogens with zero attached hydrogens (tertiary/aromatic N) is 2. The van der Waals surface area contributed by atoms with E-state index < -0.39 is 21.6 Å². The van der Waals surface area contributed by atoms with Gasteiger partial charge in [-0.15, -0.1) is 0 Å². The van der Waals surface area contributed by atoms with Crippen molar-refractivity contribution >= 4 is 21.8 Å². The molecule has 1 unspecified atom stereocenters. The van der Waals surface area contributed by atoms with E-state index in [2.05, 4.69) is 10.3 Å². The number of rotatable bonds is 8. The van der Waals surface area contributed by atoms with E-state index in [1.807, 2.05) is 0 Å². The normalized spacial score (nSPS) is 14.9. The molecule has 1 heterocycles. The highest BCUT2D eigenvalue weighted by Gasteiger charge is 2.31. The summed E-state index contributed by atoms with van der Waals surface area (Å²) in [7, 11) is -3.67. The van der Waals surface area contributed by atoms with E-state index in [0.717, 1.165) is 6.92 Å². The van der Waals surface area contributed by atoms with Crippen LogP contribution >= 0.6 is 0 Å². The predicted molar refractivity (Wildman–Crippen MR) is 90.3 cm³/mol. The van der Waals surface area contributed by atoms with Crippen molar-refractivity contribution in [2.45, 2.75) is 57.2 Å². The van der Waals surface area contributed by atoms with Crippen LogP contribution in [0.15, 0.2) is 23.2 Å². The van der Waals surface area contributed by atoms with Crippen molar-refractivity contribution in [2.75, 3.05) is 11.9 Å². The Labute approximate surface area is 142 Å². The second-order valence-corrected chi connectivity index (χ2v) is 8.18. The zero-order valence-corrected chi connectivity index (χ0v) is 15.3. The summed E-state index contributed by atoms with van der Waals surface area (Å²) in [6, 6.07) is 2.44. The first-order chi connectivity index (χ1) is 10.9. The van der Waals surface area contributed by atoms with Gasteiger partial charge in [-0.05, 0) is 46.8 Å². The molecule has 0 aliphatic rings. The van der Waals surface area contributed by atoms with Gasteiger partial charge in [0.05, 0.1) is 6.54 Å². The lowest BCUT2D eigenvalue weighted by Gasteiger charge is -2.29. The number of anilines is 1. The lowest BCUT2D eigenvalue weighted by atomic mass is 10.1. The van der Waals surface area contributed by atoms with E-state index in [9.17, 15) is 18.3 Å². The number of carboxylic acids is 1. The van der Waals surface area contributed by atoms with E-state index in [1.165, 1.54) is 22.6 Å². The van der Waals surface area contributed by atoms with Crippen LogP contribution in [-0.4, -0.2) is 58.1 Å². The number of carbonyl (C=O) groups is 1. The van der Waals surface area contributed by atoms with Crippen LogP contribution in [0.25, 0.3) is 0 Å². The Kier molecular flexibility index (Phi) is 6.32. The average molecular weight is 359 g/mol. The monoisotopic (exact) mass is 359 g/mol. The summed E-state index contributed by atoms with van der Waals surface area (Å²) in [4.78, 5) is 14.9. The third-order valence-electron chi connectivity index (χ3n) is 3.40. The molecule has 0 spiro atoms. The second kappa shape index (κ2) is 7.45. The minimum absolute atomic E-state index is 0.0560. The second-order valence-electron chi connectivity index (χ2n) is 6.33. The summed E-state index contributed by atoms with van der Waals surface area (Å²) in [6.45, 7) is 8.10. The molecular formula is C15H25N3O5S. The summed E-state index contributed by atoms with van der Waals surface area (Å²) in [5.74, 6) is -1.09. The maximum absolute atomic E-state index is 12.7. The molecule has 0 aromatic carbocycles. The van der Waals surface area contributed by atoms with Crippen LogP contribution in [0.3, 0.4) is 0 Å². The third kappa shape index (κ3) is 4.65. The minimum atomic E-state index is -3.67. The SMILES string of the molecule is CC(C)N(C(C)C)S(=O)(=O)c1ccc(NCC(C)(O)C(=O)O)nc1. The summed E-state index contributed by atoms with van der Waals surface area (Å²) in [5, 5.41) is 21.1. The molecule has 0 fully saturated rings. The first kappa shape index (κ1) is 20.3. The van der Waals surface area contributed by atoms with E-state index in [0.29, 0.717) is 0 Å². The van der Waals surface area contributed by atoms with E-state index >= 15 is 0 Å². The van der Waals surface area contributed by atoms with Gasteiger partial charge in [-0.1, -0.05) is 0 Å². The molecule has 0 saturated heterocycles. The minimum Gasteiger partial charge on any atom is -0.479 e. The molecule has 0 amide bonds. The van der Waals surface area contributed by atoms with Gasteiger partial charge < -0.3 is 15.5 Å². The molecule has 1 aromatic heterocycles. The van der Waals surface area contributed by atoms with Crippen molar-refractivity contribution in [3.63, 3.8) is 0 Å². The average Bonchev–Trinajstić information content (AvgIpc) is 2.44. The predicted octanol–water partition coefficient (Wildman–Crippen LogP) is 1.14. The Morgan fingerprint density at radius 2 is 1.83 bits per heavy atom. The molecule has 1 atom stereocenters. The van der Waals surface area contributed by atoms with E-state index in [4.69, 9.17) is 5.11 Å². The van der Waals surface area contributed by atoms with Crippen molar-refractivity contribution in [3.05, 3.63) is 18.3 Å². The van der Waals surface area contributed by atoms with Gasteiger partial charge in [0.25, 0.3) is 0 Å². The fourth-order valence-corrected chi connectivity index (χ4v) is 4.03. The summed E-state index contributed by atoms with van der Waals surface area (Å²) in [5.41, 5.74) is -1.95. The molecule has 1 rings (SSSR count). The molecular weight excluding hydrogens is 334 g/mol. The number of hydrogen-bond donors (Lipinski definition) is 3. The van der Waals surface area contributed by atoms with Crippen molar-refractivity contribution < 1.29 is 23.4 Å². The van der Waals surface area contributed by atoms with Gasteiger partial charge in [0.2, 0.25) is 10.0 Å². The zero-order chi connectivity index (χ0) is 18.7. The first-order valence-electron chi connectivity index (χ1n) is 7.59. The highest BCUT2D eigenvalue weighted by Crippen LogP contribution is 2.21. The topological polar surface area (TPSA) is 120 Å². The molecule has 0 aliphatic heterocycles. The van der Waals surface area contributed by atoms with Crippen LogP contribution in [-0.2, 0) is 14.8 Å². The lowest BCUT2D eigenvalue weighted by Crippen LogP contribution is -2.42. The third-order valence-corrected chi connectivity index (χ3v) is 5.64.